The second-order valence-corrected chi connectivity index (χ2v) is 5.98. The third-order valence-electron chi connectivity index (χ3n) is 3.15. The molecule has 0 aromatic heterocycles. The van der Waals surface area contributed by atoms with E-state index in [0.29, 0.717) is 11.4 Å². The maximum absolute atomic E-state index is 13.0. The maximum Gasteiger partial charge on any atom is 0.267 e. The zero-order chi connectivity index (χ0) is 14.0. The smallest absolute Gasteiger partial charge is 0.267 e. The molecule has 0 N–H and O–H groups in total. The molecule has 1 aromatic carbocycles. The molecule has 0 bridgehead atoms. The van der Waals surface area contributed by atoms with Gasteiger partial charge < -0.3 is 4.90 Å². The molecule has 0 saturated carbocycles. The minimum atomic E-state index is -2.73. The van der Waals surface area contributed by atoms with E-state index in [0.717, 1.165) is 10.0 Å². The van der Waals surface area contributed by atoms with Crippen molar-refractivity contribution in [1.29, 1.82) is 0 Å². The van der Waals surface area contributed by atoms with Crippen LogP contribution in [0.2, 0.25) is 5.02 Å². The highest BCUT2D eigenvalue weighted by molar-refractivity contribution is 9.10. The first kappa shape index (κ1) is 14.7. The van der Waals surface area contributed by atoms with Gasteiger partial charge in [0.2, 0.25) is 5.91 Å². The molecular weight excluding hydrogens is 340 g/mol. The summed E-state index contributed by atoms with van der Waals surface area (Å²) in [6.07, 6.45) is 0.433. The minimum Gasteiger partial charge on any atom is -0.336 e. The van der Waals surface area contributed by atoms with E-state index >= 15 is 0 Å². The Bertz CT molecular complexity index is 496. The first-order chi connectivity index (χ1) is 8.87. The highest BCUT2D eigenvalue weighted by atomic mass is 79.9. The lowest BCUT2D eigenvalue weighted by Crippen LogP contribution is -2.31. The molecule has 0 aliphatic carbocycles. The summed E-state index contributed by atoms with van der Waals surface area (Å²) in [7, 11) is 0. The molecule has 1 heterocycles. The van der Waals surface area contributed by atoms with Crippen molar-refractivity contribution in [2.45, 2.75) is 25.2 Å². The van der Waals surface area contributed by atoms with Gasteiger partial charge in [0.25, 0.3) is 5.92 Å². The van der Waals surface area contributed by atoms with Crippen molar-refractivity contribution in [2.24, 2.45) is 0 Å². The fourth-order valence-corrected chi connectivity index (χ4v) is 2.84. The van der Waals surface area contributed by atoms with Crippen molar-refractivity contribution in [3.8, 4) is 0 Å². The number of amides is 1. The van der Waals surface area contributed by atoms with Crippen molar-refractivity contribution >= 4 is 33.4 Å². The summed E-state index contributed by atoms with van der Waals surface area (Å²) in [5, 5.41) is 0.578. The number of alkyl halides is 2. The van der Waals surface area contributed by atoms with Gasteiger partial charge in [-0.1, -0.05) is 33.6 Å². The van der Waals surface area contributed by atoms with Crippen LogP contribution in [0.5, 0.6) is 0 Å². The molecule has 1 aliphatic rings. The van der Waals surface area contributed by atoms with Gasteiger partial charge >= 0.3 is 0 Å². The molecule has 0 spiro atoms. The van der Waals surface area contributed by atoms with Gasteiger partial charge in [0.1, 0.15) is 0 Å². The van der Waals surface area contributed by atoms with Crippen LogP contribution in [0.15, 0.2) is 22.7 Å². The van der Waals surface area contributed by atoms with Crippen molar-refractivity contribution in [3.63, 3.8) is 0 Å². The standard InChI is InChI=1S/C13H13BrClF2NO/c14-10-3-1-9(11(15)7-10)2-4-12(19)18-6-5-13(16,17)8-18/h1,3,7H,2,4-6,8H2. The molecule has 6 heteroatoms. The van der Waals surface area contributed by atoms with Crippen molar-refractivity contribution in [2.75, 3.05) is 13.1 Å². The van der Waals surface area contributed by atoms with Gasteiger partial charge in [0.15, 0.2) is 0 Å². The first-order valence-electron chi connectivity index (χ1n) is 5.97. The topological polar surface area (TPSA) is 20.3 Å². The fraction of sp³-hybridized carbons (Fsp3) is 0.462. The van der Waals surface area contributed by atoms with Crippen LogP contribution >= 0.6 is 27.5 Å². The Morgan fingerprint density at radius 1 is 1.47 bits per heavy atom. The van der Waals surface area contributed by atoms with Crippen molar-refractivity contribution in [1.82, 2.24) is 4.90 Å². The van der Waals surface area contributed by atoms with E-state index in [1.54, 1.807) is 6.07 Å². The quantitative estimate of drug-likeness (QED) is 0.808. The molecule has 1 amide bonds. The third-order valence-corrected chi connectivity index (χ3v) is 3.99. The second kappa shape index (κ2) is 5.75. The number of hydrogen-bond donors (Lipinski definition) is 0. The number of halogens is 4. The number of carbonyl (C=O) groups is 1. The van der Waals surface area contributed by atoms with Gasteiger partial charge in [-0.15, -0.1) is 0 Å². The second-order valence-electron chi connectivity index (χ2n) is 4.66. The number of rotatable bonds is 3. The molecule has 104 valence electrons. The Morgan fingerprint density at radius 2 is 2.21 bits per heavy atom. The number of benzene rings is 1. The SMILES string of the molecule is O=C(CCc1ccc(Br)cc1Cl)N1CCC(F)(F)C1. The molecule has 0 radical (unpaired) electrons. The lowest BCUT2D eigenvalue weighted by atomic mass is 10.1. The Hall–Kier alpha value is -0.680. The number of carbonyl (C=O) groups excluding carboxylic acids is 1. The Balaban J connectivity index is 1.90. The summed E-state index contributed by atoms with van der Waals surface area (Å²) < 4.78 is 26.9. The Morgan fingerprint density at radius 3 is 2.79 bits per heavy atom. The zero-order valence-corrected chi connectivity index (χ0v) is 12.5. The summed E-state index contributed by atoms with van der Waals surface area (Å²) >= 11 is 9.34. The van der Waals surface area contributed by atoms with Gasteiger partial charge in [0.05, 0.1) is 6.54 Å². The van der Waals surface area contributed by atoms with Gasteiger partial charge in [-0.2, -0.15) is 0 Å². The predicted molar refractivity (Wildman–Crippen MR) is 73.6 cm³/mol. The van der Waals surface area contributed by atoms with Crippen LogP contribution in [0.4, 0.5) is 8.78 Å². The molecular formula is C13H13BrClF2NO. The van der Waals surface area contributed by atoms with Gasteiger partial charge in [-0.25, -0.2) is 8.78 Å². The maximum atomic E-state index is 13.0. The number of nitrogens with zero attached hydrogens (tertiary/aromatic N) is 1. The minimum absolute atomic E-state index is 0.139. The lowest BCUT2D eigenvalue weighted by molar-refractivity contribution is -0.131. The molecule has 2 nitrogen and oxygen atoms in total. The van der Waals surface area contributed by atoms with E-state index in [9.17, 15) is 13.6 Å². The first-order valence-corrected chi connectivity index (χ1v) is 7.14. The molecule has 1 fully saturated rings. The Labute approximate surface area is 123 Å². The fourth-order valence-electron chi connectivity index (χ4n) is 2.07. The van der Waals surface area contributed by atoms with E-state index < -0.39 is 12.5 Å². The van der Waals surface area contributed by atoms with E-state index in [4.69, 9.17) is 11.6 Å². The summed E-state index contributed by atoms with van der Waals surface area (Å²) in [6.45, 7) is -0.320. The molecule has 0 unspecified atom stereocenters. The highest BCUT2D eigenvalue weighted by Gasteiger charge is 2.39. The lowest BCUT2D eigenvalue weighted by Gasteiger charge is -2.16. The molecule has 19 heavy (non-hydrogen) atoms. The molecule has 1 saturated heterocycles. The average molecular weight is 353 g/mol. The van der Waals surface area contributed by atoms with E-state index in [1.807, 2.05) is 12.1 Å². The molecule has 2 rings (SSSR count). The third kappa shape index (κ3) is 3.89. The molecule has 1 aromatic rings. The number of likely N-dealkylation sites (tertiary alicyclic amines) is 1. The van der Waals surface area contributed by atoms with Gasteiger partial charge in [-0.3, -0.25) is 4.79 Å². The Kier molecular flexibility index (Phi) is 4.46. The number of aryl methyl sites for hydroxylation is 1. The summed E-state index contributed by atoms with van der Waals surface area (Å²) in [5.74, 6) is -2.97. The normalized spacial score (nSPS) is 17.8. The van der Waals surface area contributed by atoms with Crippen LogP contribution < -0.4 is 0 Å². The van der Waals surface area contributed by atoms with Crippen LogP contribution in [0.3, 0.4) is 0 Å². The summed E-state index contributed by atoms with van der Waals surface area (Å²) in [4.78, 5) is 13.1. The van der Waals surface area contributed by atoms with E-state index in [2.05, 4.69) is 15.9 Å². The van der Waals surface area contributed by atoms with Gasteiger partial charge in [-0.05, 0) is 24.1 Å². The molecule has 0 atom stereocenters. The highest BCUT2D eigenvalue weighted by Crippen LogP contribution is 2.28. The van der Waals surface area contributed by atoms with Crippen molar-refractivity contribution in [3.05, 3.63) is 33.3 Å². The monoisotopic (exact) mass is 351 g/mol. The summed E-state index contributed by atoms with van der Waals surface area (Å²) in [5.41, 5.74) is 0.851. The molecule has 1 aliphatic heterocycles. The van der Waals surface area contributed by atoms with E-state index in [1.165, 1.54) is 4.90 Å². The van der Waals surface area contributed by atoms with Crippen LogP contribution in [0.1, 0.15) is 18.4 Å². The van der Waals surface area contributed by atoms with Crippen LogP contribution in [-0.2, 0) is 11.2 Å². The van der Waals surface area contributed by atoms with Crippen LogP contribution in [-0.4, -0.2) is 29.8 Å². The van der Waals surface area contributed by atoms with Crippen molar-refractivity contribution < 1.29 is 13.6 Å². The largest absolute Gasteiger partial charge is 0.336 e. The number of hydrogen-bond acceptors (Lipinski definition) is 1. The van der Waals surface area contributed by atoms with Crippen LogP contribution in [0.25, 0.3) is 0 Å². The predicted octanol–water partition coefficient (Wildman–Crippen LogP) is 3.90. The average Bonchev–Trinajstić information content (AvgIpc) is 2.68. The van der Waals surface area contributed by atoms with Crippen LogP contribution in [0, 0.1) is 0 Å². The summed E-state index contributed by atoms with van der Waals surface area (Å²) in [6, 6.07) is 5.43. The van der Waals surface area contributed by atoms with Gasteiger partial charge in [0, 0.05) is 28.9 Å². The van der Waals surface area contributed by atoms with E-state index in [-0.39, 0.29) is 25.3 Å². The zero-order valence-electron chi connectivity index (χ0n) is 10.1.